The Morgan fingerprint density at radius 1 is 1.44 bits per heavy atom. The van der Waals surface area contributed by atoms with Gasteiger partial charge >= 0.3 is 0 Å². The van der Waals surface area contributed by atoms with Crippen molar-refractivity contribution in [3.63, 3.8) is 0 Å². The first kappa shape index (κ1) is 12.7. The molecule has 1 heterocycles. The topological polar surface area (TPSA) is 73.6 Å². The van der Waals surface area contributed by atoms with Crippen molar-refractivity contribution in [2.45, 2.75) is 26.4 Å². The monoisotopic (exact) mass is 250 g/mol. The van der Waals surface area contributed by atoms with Gasteiger partial charge in [-0.05, 0) is 12.0 Å². The fraction of sp³-hybridized carbons (Fsp3) is 0.462. The van der Waals surface area contributed by atoms with Crippen LogP contribution in [0.2, 0.25) is 0 Å². The first-order valence-electron chi connectivity index (χ1n) is 6.00. The molecule has 5 nitrogen and oxygen atoms in total. The van der Waals surface area contributed by atoms with Crippen LogP contribution in [0.15, 0.2) is 18.2 Å². The summed E-state index contributed by atoms with van der Waals surface area (Å²) < 4.78 is 10.6. The molecule has 0 saturated carbocycles. The van der Waals surface area contributed by atoms with Gasteiger partial charge in [0.05, 0.1) is 6.04 Å². The molecule has 1 aromatic carbocycles. The molecular weight excluding hydrogens is 232 g/mol. The van der Waals surface area contributed by atoms with Gasteiger partial charge in [-0.1, -0.05) is 26.0 Å². The highest BCUT2D eigenvalue weighted by atomic mass is 16.7. The van der Waals surface area contributed by atoms with Gasteiger partial charge in [-0.3, -0.25) is 4.79 Å². The highest BCUT2D eigenvalue weighted by molar-refractivity contribution is 5.81. The third kappa shape index (κ3) is 2.56. The molecule has 1 aliphatic heterocycles. The molecule has 1 atom stereocenters. The Balaban J connectivity index is 1.99. The van der Waals surface area contributed by atoms with Crippen LogP contribution in [-0.4, -0.2) is 18.7 Å². The molecule has 0 unspecified atom stereocenters. The zero-order valence-corrected chi connectivity index (χ0v) is 10.6. The van der Waals surface area contributed by atoms with E-state index < -0.39 is 6.04 Å². The number of benzene rings is 1. The van der Waals surface area contributed by atoms with Crippen molar-refractivity contribution < 1.29 is 14.3 Å². The number of para-hydroxylation sites is 1. The molecule has 18 heavy (non-hydrogen) atoms. The number of carbonyl (C=O) groups excluding carboxylic acids is 1. The number of hydrogen-bond acceptors (Lipinski definition) is 4. The van der Waals surface area contributed by atoms with Crippen LogP contribution in [0, 0.1) is 5.92 Å². The lowest BCUT2D eigenvalue weighted by Crippen LogP contribution is -2.43. The fourth-order valence-electron chi connectivity index (χ4n) is 1.73. The van der Waals surface area contributed by atoms with E-state index in [1.807, 2.05) is 32.0 Å². The van der Waals surface area contributed by atoms with E-state index in [1.54, 1.807) is 0 Å². The summed E-state index contributed by atoms with van der Waals surface area (Å²) in [6.45, 7) is 4.46. The van der Waals surface area contributed by atoms with Crippen LogP contribution in [0.4, 0.5) is 0 Å². The highest BCUT2D eigenvalue weighted by Gasteiger charge is 2.20. The lowest BCUT2D eigenvalue weighted by atomic mass is 10.0. The summed E-state index contributed by atoms with van der Waals surface area (Å²) in [4.78, 5) is 11.7. The van der Waals surface area contributed by atoms with Gasteiger partial charge in [0.25, 0.3) is 0 Å². The summed E-state index contributed by atoms with van der Waals surface area (Å²) in [7, 11) is 0. The Hall–Kier alpha value is -1.75. The lowest BCUT2D eigenvalue weighted by Gasteiger charge is -2.15. The van der Waals surface area contributed by atoms with E-state index in [-0.39, 0.29) is 18.6 Å². The van der Waals surface area contributed by atoms with Crippen molar-refractivity contribution in [3.05, 3.63) is 23.8 Å². The van der Waals surface area contributed by atoms with Crippen LogP contribution in [-0.2, 0) is 11.3 Å². The van der Waals surface area contributed by atoms with Crippen molar-refractivity contribution in [2.75, 3.05) is 6.79 Å². The Morgan fingerprint density at radius 2 is 2.22 bits per heavy atom. The minimum Gasteiger partial charge on any atom is -0.454 e. The molecule has 0 saturated heterocycles. The van der Waals surface area contributed by atoms with Crippen molar-refractivity contribution >= 4 is 5.91 Å². The van der Waals surface area contributed by atoms with E-state index >= 15 is 0 Å². The van der Waals surface area contributed by atoms with E-state index in [0.717, 1.165) is 11.3 Å². The molecule has 98 valence electrons. The van der Waals surface area contributed by atoms with E-state index in [4.69, 9.17) is 15.2 Å². The van der Waals surface area contributed by atoms with E-state index in [9.17, 15) is 4.79 Å². The molecule has 3 N–H and O–H groups in total. The number of nitrogens with two attached hydrogens (primary N) is 1. The average molecular weight is 250 g/mol. The maximum Gasteiger partial charge on any atom is 0.237 e. The summed E-state index contributed by atoms with van der Waals surface area (Å²) in [5.41, 5.74) is 6.67. The Kier molecular flexibility index (Phi) is 3.72. The molecule has 0 spiro atoms. The first-order chi connectivity index (χ1) is 8.59. The molecule has 0 aliphatic carbocycles. The third-order valence-corrected chi connectivity index (χ3v) is 2.95. The van der Waals surface area contributed by atoms with Gasteiger partial charge in [0, 0.05) is 12.1 Å². The fourth-order valence-corrected chi connectivity index (χ4v) is 1.73. The maximum atomic E-state index is 11.7. The van der Waals surface area contributed by atoms with Crippen LogP contribution < -0.4 is 20.5 Å². The summed E-state index contributed by atoms with van der Waals surface area (Å²) >= 11 is 0. The number of nitrogens with one attached hydrogen (secondary N) is 1. The summed E-state index contributed by atoms with van der Waals surface area (Å²) in [5, 5.41) is 2.81. The Labute approximate surface area is 106 Å². The molecule has 0 aromatic heterocycles. The summed E-state index contributed by atoms with van der Waals surface area (Å²) in [6, 6.07) is 5.12. The summed E-state index contributed by atoms with van der Waals surface area (Å²) in [5.74, 6) is 1.39. The van der Waals surface area contributed by atoms with Gasteiger partial charge in [0.15, 0.2) is 11.5 Å². The van der Waals surface area contributed by atoms with E-state index in [1.165, 1.54) is 0 Å². The quantitative estimate of drug-likeness (QED) is 0.836. The van der Waals surface area contributed by atoms with Crippen LogP contribution in [0.3, 0.4) is 0 Å². The lowest BCUT2D eigenvalue weighted by molar-refractivity contribution is -0.123. The van der Waals surface area contributed by atoms with Gasteiger partial charge in [-0.2, -0.15) is 0 Å². The zero-order chi connectivity index (χ0) is 13.1. The predicted molar refractivity (Wildman–Crippen MR) is 67.2 cm³/mol. The van der Waals surface area contributed by atoms with Gasteiger partial charge < -0.3 is 20.5 Å². The first-order valence-corrected chi connectivity index (χ1v) is 6.00. The molecule has 0 bridgehead atoms. The second kappa shape index (κ2) is 5.27. The summed E-state index contributed by atoms with van der Waals surface area (Å²) in [6.07, 6.45) is 0. The molecule has 0 fully saturated rings. The largest absolute Gasteiger partial charge is 0.454 e. The molecule has 1 amide bonds. The zero-order valence-electron chi connectivity index (χ0n) is 10.6. The second-order valence-corrected chi connectivity index (χ2v) is 4.64. The number of amides is 1. The number of ether oxygens (including phenoxy) is 2. The Bertz CT molecular complexity index is 446. The van der Waals surface area contributed by atoms with Crippen LogP contribution in [0.5, 0.6) is 11.5 Å². The minimum atomic E-state index is -0.487. The van der Waals surface area contributed by atoms with Crippen LogP contribution in [0.1, 0.15) is 19.4 Å². The third-order valence-electron chi connectivity index (χ3n) is 2.95. The van der Waals surface area contributed by atoms with Gasteiger partial charge in [-0.25, -0.2) is 0 Å². The molecule has 5 heteroatoms. The van der Waals surface area contributed by atoms with Gasteiger partial charge in [-0.15, -0.1) is 0 Å². The average Bonchev–Trinajstić information content (AvgIpc) is 2.83. The molecule has 2 rings (SSSR count). The number of hydrogen-bond donors (Lipinski definition) is 2. The predicted octanol–water partition coefficient (Wildman–Crippen LogP) is 1.01. The van der Waals surface area contributed by atoms with Crippen LogP contribution in [0.25, 0.3) is 0 Å². The smallest absolute Gasteiger partial charge is 0.237 e. The van der Waals surface area contributed by atoms with Crippen molar-refractivity contribution in [2.24, 2.45) is 11.7 Å². The van der Waals surface area contributed by atoms with Gasteiger partial charge in [0.1, 0.15) is 0 Å². The SMILES string of the molecule is CC(C)[C@@H](N)C(=O)NCc1cccc2c1OCO2. The van der Waals surface area contributed by atoms with Crippen molar-refractivity contribution in [3.8, 4) is 11.5 Å². The molecular formula is C13H18N2O3. The van der Waals surface area contributed by atoms with E-state index in [2.05, 4.69) is 5.32 Å². The normalized spacial score (nSPS) is 14.7. The standard InChI is InChI=1S/C13H18N2O3/c1-8(2)11(14)13(16)15-6-9-4-3-5-10-12(9)18-7-17-10/h3-5,8,11H,6-7,14H2,1-2H3,(H,15,16)/t11-/m1/s1. The van der Waals surface area contributed by atoms with Gasteiger partial charge in [0.2, 0.25) is 12.7 Å². The Morgan fingerprint density at radius 3 is 2.94 bits per heavy atom. The van der Waals surface area contributed by atoms with Crippen molar-refractivity contribution in [1.82, 2.24) is 5.32 Å². The molecule has 1 aliphatic rings. The maximum absolute atomic E-state index is 11.7. The number of rotatable bonds is 4. The molecule has 0 radical (unpaired) electrons. The minimum absolute atomic E-state index is 0.117. The van der Waals surface area contributed by atoms with Crippen LogP contribution >= 0.6 is 0 Å². The van der Waals surface area contributed by atoms with Crippen molar-refractivity contribution in [1.29, 1.82) is 0 Å². The second-order valence-electron chi connectivity index (χ2n) is 4.64. The number of carbonyl (C=O) groups is 1. The highest BCUT2D eigenvalue weighted by Crippen LogP contribution is 2.35. The van der Waals surface area contributed by atoms with E-state index in [0.29, 0.717) is 12.3 Å². The number of fused-ring (bicyclic) bond motifs is 1. The molecule has 1 aromatic rings.